The number of sulfonamides is 1. The molecule has 3 aromatic carbocycles. The molecule has 0 aliphatic carbocycles. The van der Waals surface area contributed by atoms with E-state index in [4.69, 9.17) is 0 Å². The third kappa shape index (κ3) is 4.69. The van der Waals surface area contributed by atoms with Crippen LogP contribution in [0.3, 0.4) is 0 Å². The van der Waals surface area contributed by atoms with Crippen molar-refractivity contribution in [3.8, 4) is 0 Å². The van der Waals surface area contributed by atoms with E-state index in [1.165, 1.54) is 21.3 Å². The first kappa shape index (κ1) is 24.6. The smallest absolute Gasteiger partial charge is 0.261 e. The average molecular weight is 494 g/mol. The van der Waals surface area contributed by atoms with E-state index in [-0.39, 0.29) is 42.0 Å². The van der Waals surface area contributed by atoms with Gasteiger partial charge in [-0.15, -0.1) is 0 Å². The van der Waals surface area contributed by atoms with E-state index >= 15 is 0 Å². The standard InChI is InChI=1S/C26H27N3O5S/c1-3-28(4-2)35(33,34)20-12-7-11-19(17-20)27-23(30)15-8-16-29-25(31)21-13-5-9-18-10-6-14-22(24(18)21)26(29)32/h5-7,9-14,17H,3-4,8,15-16H2,1-2H3,(H,27,30). The van der Waals surface area contributed by atoms with Crippen molar-refractivity contribution in [2.45, 2.75) is 31.6 Å². The monoisotopic (exact) mass is 493 g/mol. The Balaban J connectivity index is 1.40. The number of nitrogens with zero attached hydrogens (tertiary/aromatic N) is 2. The molecule has 1 heterocycles. The lowest BCUT2D eigenvalue weighted by Gasteiger charge is -2.27. The van der Waals surface area contributed by atoms with Crippen LogP contribution in [-0.2, 0) is 14.8 Å². The fourth-order valence-corrected chi connectivity index (χ4v) is 5.86. The van der Waals surface area contributed by atoms with Crippen molar-refractivity contribution < 1.29 is 22.8 Å². The number of benzene rings is 3. The second kappa shape index (κ2) is 9.97. The molecule has 1 aliphatic heterocycles. The largest absolute Gasteiger partial charge is 0.326 e. The number of carbonyl (C=O) groups excluding carboxylic acids is 3. The lowest BCUT2D eigenvalue weighted by Crippen LogP contribution is -2.41. The predicted molar refractivity (Wildman–Crippen MR) is 134 cm³/mol. The zero-order valence-corrected chi connectivity index (χ0v) is 20.5. The minimum absolute atomic E-state index is 0.0654. The van der Waals surface area contributed by atoms with Gasteiger partial charge in [-0.05, 0) is 42.1 Å². The van der Waals surface area contributed by atoms with Crippen LogP contribution < -0.4 is 5.32 Å². The van der Waals surface area contributed by atoms with E-state index in [9.17, 15) is 22.8 Å². The van der Waals surface area contributed by atoms with Crippen LogP contribution in [0.2, 0.25) is 0 Å². The molecule has 35 heavy (non-hydrogen) atoms. The third-order valence-electron chi connectivity index (χ3n) is 6.10. The summed E-state index contributed by atoms with van der Waals surface area (Å²) in [6.45, 7) is 4.34. The molecular formula is C26H27N3O5S. The Hall–Kier alpha value is -3.56. The summed E-state index contributed by atoms with van der Waals surface area (Å²) < 4.78 is 26.8. The Labute approximate surface area is 204 Å². The van der Waals surface area contributed by atoms with Gasteiger partial charge >= 0.3 is 0 Å². The number of hydrogen-bond acceptors (Lipinski definition) is 5. The normalized spacial score (nSPS) is 13.5. The molecule has 9 heteroatoms. The van der Waals surface area contributed by atoms with Crippen molar-refractivity contribution in [1.82, 2.24) is 9.21 Å². The van der Waals surface area contributed by atoms with Gasteiger partial charge in [-0.25, -0.2) is 8.42 Å². The van der Waals surface area contributed by atoms with Crippen molar-refractivity contribution >= 4 is 44.2 Å². The fraction of sp³-hybridized carbons (Fsp3) is 0.269. The number of rotatable bonds is 9. The molecule has 3 amide bonds. The molecule has 4 rings (SSSR count). The highest BCUT2D eigenvalue weighted by atomic mass is 32.2. The van der Waals surface area contributed by atoms with E-state index in [1.807, 2.05) is 12.1 Å². The average Bonchev–Trinajstić information content (AvgIpc) is 2.85. The highest BCUT2D eigenvalue weighted by molar-refractivity contribution is 7.89. The Kier molecular flexibility index (Phi) is 7.00. The van der Waals surface area contributed by atoms with Crippen LogP contribution in [0.1, 0.15) is 47.4 Å². The van der Waals surface area contributed by atoms with E-state index in [1.54, 1.807) is 50.2 Å². The van der Waals surface area contributed by atoms with E-state index in [0.29, 0.717) is 35.3 Å². The molecule has 0 saturated carbocycles. The minimum Gasteiger partial charge on any atom is -0.326 e. The zero-order valence-electron chi connectivity index (χ0n) is 19.7. The molecular weight excluding hydrogens is 466 g/mol. The van der Waals surface area contributed by atoms with E-state index < -0.39 is 10.0 Å². The first-order valence-electron chi connectivity index (χ1n) is 11.6. The SMILES string of the molecule is CCN(CC)S(=O)(=O)c1cccc(NC(=O)CCCN2C(=O)c3cccc4cccc(c34)C2=O)c1. The lowest BCUT2D eigenvalue weighted by molar-refractivity contribution is -0.116. The summed E-state index contributed by atoms with van der Waals surface area (Å²) in [6, 6.07) is 16.8. The van der Waals surface area contributed by atoms with Crippen LogP contribution >= 0.6 is 0 Å². The van der Waals surface area contributed by atoms with Crippen molar-refractivity contribution in [2.75, 3.05) is 25.0 Å². The highest BCUT2D eigenvalue weighted by Crippen LogP contribution is 2.30. The second-order valence-corrected chi connectivity index (χ2v) is 10.2. The van der Waals surface area contributed by atoms with Crippen LogP contribution in [0, 0.1) is 0 Å². The Morgan fingerprint density at radius 1 is 0.914 bits per heavy atom. The zero-order chi connectivity index (χ0) is 25.2. The molecule has 0 unspecified atom stereocenters. The topological polar surface area (TPSA) is 104 Å². The maximum absolute atomic E-state index is 13.0. The van der Waals surface area contributed by atoms with Crippen LogP contribution in [0.25, 0.3) is 10.8 Å². The number of amides is 3. The molecule has 8 nitrogen and oxygen atoms in total. The molecule has 0 aromatic heterocycles. The number of hydrogen-bond donors (Lipinski definition) is 1. The molecule has 0 saturated heterocycles. The third-order valence-corrected chi connectivity index (χ3v) is 8.15. The second-order valence-electron chi connectivity index (χ2n) is 8.24. The molecule has 182 valence electrons. The fourth-order valence-electron chi connectivity index (χ4n) is 4.35. The quantitative estimate of drug-likeness (QED) is 0.456. The van der Waals surface area contributed by atoms with Gasteiger partial charge in [0.2, 0.25) is 15.9 Å². The molecule has 1 N–H and O–H groups in total. The van der Waals surface area contributed by atoms with Crippen molar-refractivity contribution in [3.05, 3.63) is 71.8 Å². The van der Waals surface area contributed by atoms with Gasteiger partial charge in [-0.2, -0.15) is 4.31 Å². The van der Waals surface area contributed by atoms with Gasteiger partial charge in [0.15, 0.2) is 0 Å². The van der Waals surface area contributed by atoms with E-state index in [0.717, 1.165) is 5.39 Å². The van der Waals surface area contributed by atoms with Crippen molar-refractivity contribution in [2.24, 2.45) is 0 Å². The predicted octanol–water partition coefficient (Wildman–Crippen LogP) is 3.89. The number of anilines is 1. The molecule has 0 atom stereocenters. The van der Waals surface area contributed by atoms with Crippen molar-refractivity contribution in [3.63, 3.8) is 0 Å². The molecule has 0 fully saturated rings. The molecule has 1 aliphatic rings. The summed E-state index contributed by atoms with van der Waals surface area (Å²) in [6.07, 6.45) is 0.342. The summed E-state index contributed by atoms with van der Waals surface area (Å²) in [7, 11) is -3.64. The summed E-state index contributed by atoms with van der Waals surface area (Å²) in [5.41, 5.74) is 1.33. The van der Waals surface area contributed by atoms with Crippen LogP contribution in [0.4, 0.5) is 5.69 Å². The van der Waals surface area contributed by atoms with Gasteiger partial charge in [0.1, 0.15) is 0 Å². The molecule has 0 bridgehead atoms. The first-order chi connectivity index (χ1) is 16.8. The Morgan fingerprint density at radius 3 is 2.11 bits per heavy atom. The maximum Gasteiger partial charge on any atom is 0.261 e. The van der Waals surface area contributed by atoms with Crippen LogP contribution in [0.5, 0.6) is 0 Å². The van der Waals surface area contributed by atoms with Gasteiger partial charge in [0.25, 0.3) is 11.8 Å². The lowest BCUT2D eigenvalue weighted by atomic mass is 9.94. The minimum atomic E-state index is -3.64. The number of imide groups is 1. The van der Waals surface area contributed by atoms with Crippen molar-refractivity contribution in [1.29, 1.82) is 0 Å². The number of nitrogens with one attached hydrogen (secondary N) is 1. The van der Waals surface area contributed by atoms with E-state index in [2.05, 4.69) is 5.32 Å². The van der Waals surface area contributed by atoms with Crippen LogP contribution in [-0.4, -0.2) is 55.0 Å². The first-order valence-corrected chi connectivity index (χ1v) is 13.0. The maximum atomic E-state index is 13.0. The van der Waals surface area contributed by atoms with Crippen LogP contribution in [0.15, 0.2) is 65.6 Å². The molecule has 3 aromatic rings. The van der Waals surface area contributed by atoms with Gasteiger partial charge in [0.05, 0.1) is 4.90 Å². The summed E-state index contributed by atoms with van der Waals surface area (Å²) in [5.74, 6) is -1.06. The Bertz CT molecular complexity index is 1360. The number of carbonyl (C=O) groups is 3. The summed E-state index contributed by atoms with van der Waals surface area (Å²) >= 11 is 0. The highest BCUT2D eigenvalue weighted by Gasteiger charge is 2.32. The van der Waals surface area contributed by atoms with Gasteiger partial charge < -0.3 is 5.32 Å². The van der Waals surface area contributed by atoms with Gasteiger partial charge in [0, 0.05) is 48.3 Å². The summed E-state index contributed by atoms with van der Waals surface area (Å²) in [5, 5.41) is 4.22. The van der Waals surface area contributed by atoms with Gasteiger partial charge in [-0.1, -0.05) is 44.2 Å². The summed E-state index contributed by atoms with van der Waals surface area (Å²) in [4.78, 5) is 39.7. The molecule has 0 radical (unpaired) electrons. The van der Waals surface area contributed by atoms with Gasteiger partial charge in [-0.3, -0.25) is 19.3 Å². The molecule has 0 spiro atoms. The Morgan fingerprint density at radius 2 is 1.51 bits per heavy atom.